The first-order valence-corrected chi connectivity index (χ1v) is 10.7. The van der Waals surface area contributed by atoms with E-state index in [0.29, 0.717) is 45.0 Å². The molecule has 0 spiro atoms. The van der Waals surface area contributed by atoms with E-state index in [0.717, 1.165) is 5.75 Å². The van der Waals surface area contributed by atoms with Gasteiger partial charge in [-0.15, -0.1) is 10.2 Å². The number of methoxy groups -OCH3 is 2. The van der Waals surface area contributed by atoms with Crippen molar-refractivity contribution in [2.75, 3.05) is 24.9 Å². The van der Waals surface area contributed by atoms with Crippen molar-refractivity contribution in [3.05, 3.63) is 48.0 Å². The number of benzene rings is 2. The molecule has 0 saturated heterocycles. The number of hydrogen-bond donors (Lipinski definition) is 0. The highest BCUT2D eigenvalue weighted by atomic mass is 32.2. The van der Waals surface area contributed by atoms with Gasteiger partial charge in [-0.05, 0) is 30.0 Å². The SMILES string of the molecule is CCSc1nnc2c(n1)O[C@H](c1cc(OC)ccc1OC)N(C(C)=O)c1ccccc1-2. The molecule has 0 saturated carbocycles. The number of ether oxygens (including phenoxy) is 3. The van der Waals surface area contributed by atoms with Gasteiger partial charge in [0.25, 0.3) is 0 Å². The Morgan fingerprint density at radius 2 is 1.97 bits per heavy atom. The van der Waals surface area contributed by atoms with Gasteiger partial charge in [0.1, 0.15) is 11.5 Å². The number of amides is 1. The predicted octanol–water partition coefficient (Wildman–Crippen LogP) is 4.11. The lowest BCUT2D eigenvalue weighted by molar-refractivity contribution is -0.118. The summed E-state index contributed by atoms with van der Waals surface area (Å²) in [6, 6.07) is 12.8. The second-order valence-electron chi connectivity index (χ2n) is 6.67. The molecule has 9 heteroatoms. The summed E-state index contributed by atoms with van der Waals surface area (Å²) < 4.78 is 17.4. The Balaban J connectivity index is 1.98. The van der Waals surface area contributed by atoms with Crippen LogP contribution in [0.3, 0.4) is 0 Å². The molecule has 4 rings (SSSR count). The van der Waals surface area contributed by atoms with Gasteiger partial charge in [-0.1, -0.05) is 36.9 Å². The number of anilines is 1. The summed E-state index contributed by atoms with van der Waals surface area (Å²) in [6.45, 7) is 3.50. The molecule has 2 aromatic carbocycles. The van der Waals surface area contributed by atoms with E-state index in [1.807, 2.05) is 31.2 Å². The molecule has 0 aliphatic carbocycles. The smallest absolute Gasteiger partial charge is 0.247 e. The van der Waals surface area contributed by atoms with Crippen LogP contribution in [0.15, 0.2) is 47.6 Å². The zero-order chi connectivity index (χ0) is 22.0. The summed E-state index contributed by atoms with van der Waals surface area (Å²) in [7, 11) is 3.15. The van der Waals surface area contributed by atoms with Gasteiger partial charge >= 0.3 is 0 Å². The minimum Gasteiger partial charge on any atom is -0.497 e. The third kappa shape index (κ3) is 3.88. The molecule has 160 valence electrons. The summed E-state index contributed by atoms with van der Waals surface area (Å²) in [5.74, 6) is 2.07. The van der Waals surface area contributed by atoms with Gasteiger partial charge in [0.2, 0.25) is 23.2 Å². The van der Waals surface area contributed by atoms with E-state index < -0.39 is 6.23 Å². The van der Waals surface area contributed by atoms with E-state index in [-0.39, 0.29) is 5.91 Å². The number of carbonyl (C=O) groups excluding carboxylic acids is 1. The average molecular weight is 439 g/mol. The summed E-state index contributed by atoms with van der Waals surface area (Å²) >= 11 is 1.46. The molecule has 1 aliphatic heterocycles. The molecule has 0 unspecified atom stereocenters. The lowest BCUT2D eigenvalue weighted by Gasteiger charge is -2.30. The van der Waals surface area contributed by atoms with Crippen molar-refractivity contribution in [1.29, 1.82) is 0 Å². The second-order valence-corrected chi connectivity index (χ2v) is 7.90. The minimum atomic E-state index is -0.846. The van der Waals surface area contributed by atoms with E-state index in [9.17, 15) is 4.79 Å². The first-order valence-electron chi connectivity index (χ1n) is 9.72. The molecule has 1 amide bonds. The van der Waals surface area contributed by atoms with Crippen LogP contribution in [0.25, 0.3) is 11.3 Å². The third-order valence-corrected chi connectivity index (χ3v) is 5.55. The van der Waals surface area contributed by atoms with Crippen LogP contribution in [0.4, 0.5) is 5.69 Å². The van der Waals surface area contributed by atoms with Crippen LogP contribution in [0.1, 0.15) is 25.6 Å². The Hall–Kier alpha value is -3.33. The molecule has 1 aromatic heterocycles. The van der Waals surface area contributed by atoms with Crippen molar-refractivity contribution in [2.24, 2.45) is 0 Å². The standard InChI is InChI=1S/C22H22N4O4S/c1-5-31-22-23-20-19(24-25-22)15-8-6-7-9-17(15)26(13(2)27)21(30-20)16-12-14(28-3)10-11-18(16)29-4/h6-12,21H,5H2,1-4H3/t21-/m1/s1. The van der Waals surface area contributed by atoms with Crippen molar-refractivity contribution < 1.29 is 19.0 Å². The first-order chi connectivity index (χ1) is 15.1. The van der Waals surface area contributed by atoms with Crippen molar-refractivity contribution in [3.8, 4) is 28.6 Å². The Kier molecular flexibility index (Phi) is 5.94. The zero-order valence-electron chi connectivity index (χ0n) is 17.7. The predicted molar refractivity (Wildman–Crippen MR) is 118 cm³/mol. The monoisotopic (exact) mass is 438 g/mol. The summed E-state index contributed by atoms with van der Waals surface area (Å²) in [4.78, 5) is 19.0. The van der Waals surface area contributed by atoms with Gasteiger partial charge in [0, 0.05) is 12.5 Å². The molecule has 0 fully saturated rings. The zero-order valence-corrected chi connectivity index (χ0v) is 18.5. The molecule has 1 aliphatic rings. The van der Waals surface area contributed by atoms with E-state index in [4.69, 9.17) is 14.2 Å². The Morgan fingerprint density at radius 3 is 2.68 bits per heavy atom. The summed E-state index contributed by atoms with van der Waals surface area (Å²) in [5.41, 5.74) is 2.47. The molecule has 0 bridgehead atoms. The molecule has 8 nitrogen and oxygen atoms in total. The average Bonchev–Trinajstić information content (AvgIpc) is 2.93. The number of carbonyl (C=O) groups is 1. The molecular weight excluding hydrogens is 416 g/mol. The van der Waals surface area contributed by atoms with Gasteiger partial charge in [-0.2, -0.15) is 4.98 Å². The highest BCUT2D eigenvalue weighted by Crippen LogP contribution is 2.45. The van der Waals surface area contributed by atoms with E-state index in [2.05, 4.69) is 15.2 Å². The van der Waals surface area contributed by atoms with Crippen molar-refractivity contribution in [2.45, 2.75) is 25.2 Å². The summed E-state index contributed by atoms with van der Waals surface area (Å²) in [6.07, 6.45) is -0.846. The van der Waals surface area contributed by atoms with Crippen molar-refractivity contribution in [3.63, 3.8) is 0 Å². The van der Waals surface area contributed by atoms with Gasteiger partial charge in [-0.3, -0.25) is 9.69 Å². The molecular formula is C22H22N4O4S. The Bertz CT molecular complexity index is 1120. The van der Waals surface area contributed by atoms with E-state index in [1.54, 1.807) is 37.3 Å². The maximum Gasteiger partial charge on any atom is 0.247 e. The van der Waals surface area contributed by atoms with E-state index in [1.165, 1.54) is 18.7 Å². The molecule has 2 heterocycles. The Morgan fingerprint density at radius 1 is 1.16 bits per heavy atom. The normalized spacial score (nSPS) is 14.7. The van der Waals surface area contributed by atoms with Gasteiger partial charge < -0.3 is 14.2 Å². The van der Waals surface area contributed by atoms with Crippen LogP contribution in [-0.2, 0) is 4.79 Å². The number of hydrogen-bond acceptors (Lipinski definition) is 8. The highest BCUT2D eigenvalue weighted by molar-refractivity contribution is 7.99. The maximum absolute atomic E-state index is 12.9. The van der Waals surface area contributed by atoms with Crippen LogP contribution in [0, 0.1) is 0 Å². The van der Waals surface area contributed by atoms with Gasteiger partial charge in [0.15, 0.2) is 5.69 Å². The largest absolute Gasteiger partial charge is 0.497 e. The van der Waals surface area contributed by atoms with Crippen LogP contribution < -0.4 is 19.1 Å². The van der Waals surface area contributed by atoms with Crippen LogP contribution in [0.5, 0.6) is 17.4 Å². The third-order valence-electron chi connectivity index (χ3n) is 4.83. The summed E-state index contributed by atoms with van der Waals surface area (Å²) in [5, 5.41) is 9.12. The fourth-order valence-corrected chi connectivity index (χ4v) is 3.98. The van der Waals surface area contributed by atoms with E-state index >= 15 is 0 Å². The number of fused-ring (bicyclic) bond motifs is 3. The lowest BCUT2D eigenvalue weighted by Crippen LogP contribution is -2.36. The minimum absolute atomic E-state index is 0.203. The van der Waals surface area contributed by atoms with Gasteiger partial charge in [-0.25, -0.2) is 0 Å². The first kappa shape index (κ1) is 20.9. The van der Waals surface area contributed by atoms with Crippen molar-refractivity contribution in [1.82, 2.24) is 15.2 Å². The van der Waals surface area contributed by atoms with Gasteiger partial charge in [0.05, 0.1) is 25.5 Å². The number of aromatic nitrogens is 3. The molecule has 0 N–H and O–H groups in total. The second kappa shape index (κ2) is 8.81. The van der Waals surface area contributed by atoms with Crippen molar-refractivity contribution >= 4 is 23.4 Å². The van der Waals surface area contributed by atoms with Crippen LogP contribution >= 0.6 is 11.8 Å². The topological polar surface area (TPSA) is 86.7 Å². The van der Waals surface area contributed by atoms with Crippen LogP contribution in [0.2, 0.25) is 0 Å². The number of rotatable bonds is 5. The number of nitrogens with zero attached hydrogens (tertiary/aromatic N) is 4. The number of para-hydroxylation sites is 1. The van der Waals surface area contributed by atoms with Crippen LogP contribution in [-0.4, -0.2) is 41.1 Å². The molecule has 0 radical (unpaired) electrons. The lowest BCUT2D eigenvalue weighted by atomic mass is 10.1. The Labute approximate surface area is 184 Å². The highest BCUT2D eigenvalue weighted by Gasteiger charge is 2.36. The quantitative estimate of drug-likeness (QED) is 0.550. The number of thioether (sulfide) groups is 1. The molecule has 31 heavy (non-hydrogen) atoms. The maximum atomic E-state index is 12.9. The molecule has 1 atom stereocenters. The fourth-order valence-electron chi connectivity index (χ4n) is 3.48. The molecule has 3 aromatic rings. The fraction of sp³-hybridized carbons (Fsp3) is 0.273.